The summed E-state index contributed by atoms with van der Waals surface area (Å²) in [5, 5.41) is 2.52. The average Bonchev–Trinajstić information content (AvgIpc) is 1.56. The van der Waals surface area contributed by atoms with Gasteiger partial charge in [-0.2, -0.15) is 13.7 Å². The molecule has 1 saturated carbocycles. The zero-order valence-electron chi connectivity index (χ0n) is 92.2. The number of aromatic nitrogens is 7. The third kappa shape index (κ3) is 24.5. The van der Waals surface area contributed by atoms with Crippen molar-refractivity contribution in [2.75, 3.05) is 16.8 Å². The van der Waals surface area contributed by atoms with Gasteiger partial charge < -0.3 is 9.80 Å². The fourth-order valence-electron chi connectivity index (χ4n) is 25.5. The Kier molecular flexibility index (Phi) is 39.1. The number of aryl methyl sites for hydroxylation is 4. The van der Waals surface area contributed by atoms with E-state index in [1.165, 1.54) is 130 Å². The van der Waals surface area contributed by atoms with E-state index >= 15 is 0 Å². The number of nitrogens with zero attached hydrogens (tertiary/aromatic N) is 9. The maximum absolute atomic E-state index is 6.44. The summed E-state index contributed by atoms with van der Waals surface area (Å²) in [4.78, 5) is 4.76. The van der Waals surface area contributed by atoms with Crippen molar-refractivity contribution < 1.29 is 18.3 Å². The molecule has 5 aliphatic heterocycles. The Balaban J connectivity index is 0.000000154. The van der Waals surface area contributed by atoms with E-state index in [1.807, 2.05) is 0 Å². The van der Waals surface area contributed by atoms with E-state index in [4.69, 9.17) is 155 Å². The number of para-hydroxylation sites is 6. The lowest BCUT2D eigenvalue weighted by Crippen LogP contribution is -2.65. The first-order valence-electron chi connectivity index (χ1n) is 54.0. The van der Waals surface area contributed by atoms with Crippen LogP contribution in [0.2, 0.25) is 23.3 Å². The topological polar surface area (TPSA) is 36.8 Å². The van der Waals surface area contributed by atoms with E-state index in [9.17, 15) is 0 Å². The van der Waals surface area contributed by atoms with Crippen LogP contribution in [0.1, 0.15) is 266 Å². The zero-order valence-corrected chi connectivity index (χ0v) is 92.2. The quantitative estimate of drug-likeness (QED) is 0.0315. The summed E-state index contributed by atoms with van der Waals surface area (Å²) < 4.78 is 16.5. The van der Waals surface area contributed by atoms with Gasteiger partial charge >= 0.3 is 0 Å². The van der Waals surface area contributed by atoms with Crippen LogP contribution in [0.3, 0.4) is 0 Å². The van der Waals surface area contributed by atoms with Crippen LogP contribution in [0.25, 0.3) is 50.0 Å². The maximum atomic E-state index is 6.44. The number of pyridine rings is 1. The average molecular weight is 1850 g/mol. The Morgan fingerprint density at radius 2 is 0.747 bits per heavy atom. The van der Waals surface area contributed by atoms with Crippen molar-refractivity contribution in [3.8, 4) is 28.2 Å². The van der Waals surface area contributed by atoms with Gasteiger partial charge in [-0.3, -0.25) is 0 Å². The van der Waals surface area contributed by atoms with Crippen LogP contribution in [0.4, 0.5) is 11.4 Å². The second-order valence-corrected chi connectivity index (χ2v) is 46.8. The van der Waals surface area contributed by atoms with Gasteiger partial charge in [-0.05, 0) is 138 Å². The molecule has 676 valence electrons. The Morgan fingerprint density at radius 1 is 0.363 bits per heavy atom. The number of anilines is 2. The molecule has 17 rings (SSSR count). The van der Waals surface area contributed by atoms with Gasteiger partial charge in [0, 0.05) is 326 Å². The minimum Gasteiger partial charge on any atom is -0.356 e. The molecule has 0 bridgehead atoms. The van der Waals surface area contributed by atoms with Gasteiger partial charge in [-0.15, -0.1) is 0 Å². The monoisotopic (exact) mass is 1860 g/mol. The fourth-order valence-corrected chi connectivity index (χ4v) is 25.5. The first-order chi connectivity index (χ1) is 68.7. The number of fused-ring (bicyclic) bond motifs is 3. The first kappa shape index (κ1) is 117. The molecule has 11 atom stereocenters. The molecule has 11 aromatic rings. The molecule has 0 spiro atoms. The molecule has 1 aliphatic carbocycles. The normalized spacial score (nSPS) is 19.1. The molecular formula is C97H127B40N9+4. The molecule has 4 saturated heterocycles. The lowest BCUT2D eigenvalue weighted by molar-refractivity contribution is -0.678. The van der Waals surface area contributed by atoms with Crippen molar-refractivity contribution >= 4 is 316 Å². The molecule has 0 N–H and O–H groups in total. The van der Waals surface area contributed by atoms with Crippen LogP contribution in [0.5, 0.6) is 0 Å². The van der Waals surface area contributed by atoms with Crippen LogP contribution in [-0.2, 0) is 34.6 Å². The summed E-state index contributed by atoms with van der Waals surface area (Å²) in [5.74, 6) is 11.4. The number of hydrogen-bond donors (Lipinski definition) is 0. The minimum absolute atomic E-state index is 0.102. The summed E-state index contributed by atoms with van der Waals surface area (Å²) in [7, 11) is 132. The Hall–Kier alpha value is -5.96. The second kappa shape index (κ2) is 48.8. The van der Waals surface area contributed by atoms with Crippen molar-refractivity contribution in [3.63, 3.8) is 0 Å². The maximum Gasteiger partial charge on any atom is 0.265 e. The van der Waals surface area contributed by atoms with E-state index in [2.05, 4.69) is 398 Å². The van der Waals surface area contributed by atoms with Gasteiger partial charge in [0.25, 0.3) is 17.5 Å². The molecule has 4 aromatic heterocycles. The van der Waals surface area contributed by atoms with Crippen molar-refractivity contribution in [1.82, 2.24) is 13.7 Å². The first-order valence-corrected chi connectivity index (χ1v) is 54.0. The molecule has 7 aromatic carbocycles. The van der Waals surface area contributed by atoms with Gasteiger partial charge in [0.1, 0.15) is 75.3 Å². The summed E-state index contributed by atoms with van der Waals surface area (Å²) in [5.41, 5.74) is 22.6. The summed E-state index contributed by atoms with van der Waals surface area (Å²) in [6, 6.07) is 55.3. The Bertz CT molecular complexity index is 6180. The highest BCUT2D eigenvalue weighted by atomic mass is 15.4. The minimum atomic E-state index is -0.667. The molecular weight excluding hydrogens is 1720 g/mol. The van der Waals surface area contributed by atoms with Gasteiger partial charge in [-0.25, -0.2) is 18.3 Å². The van der Waals surface area contributed by atoms with Crippen molar-refractivity contribution in [2.24, 2.45) is 40.0 Å². The summed E-state index contributed by atoms with van der Waals surface area (Å²) >= 11 is 0. The van der Waals surface area contributed by atoms with Crippen LogP contribution in [0.15, 0.2) is 183 Å². The molecule has 40 radical (unpaired) electrons. The zero-order chi connectivity index (χ0) is 107. The van der Waals surface area contributed by atoms with Crippen molar-refractivity contribution in [2.45, 2.75) is 246 Å². The van der Waals surface area contributed by atoms with Crippen molar-refractivity contribution in [3.05, 3.63) is 245 Å². The molecule has 0 amide bonds. The van der Waals surface area contributed by atoms with Gasteiger partial charge in [-0.1, -0.05) is 258 Å². The molecule has 5 fully saturated rings. The predicted octanol–water partition coefficient (Wildman–Crippen LogP) is 7.59. The van der Waals surface area contributed by atoms with Gasteiger partial charge in [0.2, 0.25) is 0 Å². The lowest BCUT2D eigenvalue weighted by atomic mass is 8.57. The largest absolute Gasteiger partial charge is 0.356 e. The lowest BCUT2D eigenvalue weighted by Gasteiger charge is -2.31. The highest BCUT2D eigenvalue weighted by molar-refractivity contribution is 8.04. The predicted molar refractivity (Wildman–Crippen MR) is 675 cm³/mol. The van der Waals surface area contributed by atoms with Crippen molar-refractivity contribution in [1.29, 1.82) is 0 Å². The van der Waals surface area contributed by atoms with Crippen LogP contribution in [-0.4, -0.2) is 316 Å². The molecule has 146 heavy (non-hydrogen) atoms. The third-order valence-electron chi connectivity index (χ3n) is 34.0. The molecule has 5 unspecified atom stereocenters. The van der Waals surface area contributed by atoms with E-state index in [0.29, 0.717) is 82.4 Å². The molecule has 9 heterocycles. The smallest absolute Gasteiger partial charge is 0.265 e. The van der Waals surface area contributed by atoms with E-state index in [1.54, 1.807) is 0 Å². The fraction of sp³-hybridized carbons (Fsp3) is 0.464. The summed E-state index contributed by atoms with van der Waals surface area (Å²) in [6.07, 6.45) is 6.47. The number of imidazole rings is 3. The van der Waals surface area contributed by atoms with Crippen LogP contribution < -0.4 is 28.1 Å². The highest BCUT2D eigenvalue weighted by Gasteiger charge is 2.65. The number of hydrogen-bond acceptors (Lipinski definition) is 2. The van der Waals surface area contributed by atoms with Crippen LogP contribution >= 0.6 is 0 Å². The third-order valence-corrected chi connectivity index (χ3v) is 34.0. The highest BCUT2D eigenvalue weighted by Crippen LogP contribution is 2.57. The van der Waals surface area contributed by atoms with Gasteiger partial charge in [0.15, 0.2) is 22.9 Å². The van der Waals surface area contributed by atoms with E-state index in [0.717, 1.165) is 12.3 Å². The van der Waals surface area contributed by atoms with E-state index in [-0.39, 0.29) is 69.8 Å². The van der Waals surface area contributed by atoms with Crippen LogP contribution in [0, 0.1) is 11.8 Å². The molecule has 6 aliphatic rings. The Labute approximate surface area is 916 Å². The number of benzene rings is 7. The van der Waals surface area contributed by atoms with E-state index < -0.39 is 76.6 Å². The Morgan fingerprint density at radius 3 is 1.16 bits per heavy atom. The van der Waals surface area contributed by atoms with Gasteiger partial charge in [0.05, 0.1) is 44.6 Å². The molecule has 9 nitrogen and oxygen atoms in total. The number of rotatable bonds is 33. The second-order valence-electron chi connectivity index (χ2n) is 46.8. The molecule has 49 heteroatoms. The summed E-state index contributed by atoms with van der Waals surface area (Å²) in [6.45, 7) is 46.4. The standard InChI is InChI=1S/C25H31B10N2.C24H31N2.C19H27B10N2.C17H22B10N.C12H16B10N2/c1-16(2)21-14-20(19-10-8-7-9-11-19)15-22(17(3)4)24(21)37-13-12-36(6)25(37)23-18(5)31(23)35(33(28)29)34(30)32(26)27;1-15(2)18-10-9-11-19(16(3)4)23(18)26-22-13-8-7-12-21(22)25(6)24(26)20-14-17(20)5;1-12(2)15-8-7-9-16(13(3)4)18(15)31-11-10-30(6)19(31)17-14(5)25(17)29(27(22)23)28(24)26(20)21;1-11(2)7-13-5-6-14-10-28(4)16(9-15(14)8-13)17-12(3)23(17)27(25(20)21)26(22)24(18)19;1-8-12(18(8)22(20(15)16)21(17)19(13)14)24-9(2)23(3)10-6-4-5-7-11(10)24/h7-18,23H,1-6H3;7-13,15-17,20H,14H2,1-6H3;7-14,17H,1-6H3;5-6,8-12,17H,7H2,1-4H3;4-9,12H,1-3H3/q4*+1;/t18-,23?;17-,20?;14-,17?;12-,17?;8-,9-,12?/m01000/s1. The SMILES string of the molecule is CC(C)c1cccc(C(C)C)c1-n1c(C2C[C@H]2C)[n+](C)c2ccccc21.[B]B([B])B([B])B(B([B])[B])B1C(N2c3ccccc3N(C)[C@@H]2C)[C@@H]1C.[B]B([B])B([B])B(B([B])[B])B1C(c2cc3cc(CC(C)C)ccc3c[n+]2C)[C@@H]1C.[B]B([B])B([B])B(B([B])[B])B1C(c2n(-c3c(C(C)C)cc(-c4ccccc4)cc3C(C)C)cc[n+]2C)[C@@H]1C.[B]B([B])B([B])B(B([B])[B])B1C(c2n(-c3c(C(C)C)cccc3C(C)C)cc[n+]2C)[C@@H]1C.